The minimum Gasteiger partial charge on any atom is -0.507 e. The van der Waals surface area contributed by atoms with Crippen LogP contribution in [0.2, 0.25) is 0 Å². The molecule has 13 aromatic rings. The van der Waals surface area contributed by atoms with Crippen LogP contribution in [0.5, 0.6) is 5.75 Å². The summed E-state index contributed by atoms with van der Waals surface area (Å²) in [4.78, 5) is 42.8. The fourth-order valence-corrected chi connectivity index (χ4v) is 7.61. The Morgan fingerprint density at radius 2 is 1.26 bits per heavy atom. The molecular formula is C50H43N15O2S2. The van der Waals surface area contributed by atoms with E-state index in [1.165, 1.54) is 34.2 Å². The minimum absolute atomic E-state index is 0.124. The van der Waals surface area contributed by atoms with Crippen molar-refractivity contribution in [2.75, 3.05) is 22.9 Å². The number of fused-ring (bicyclic) bond motifs is 4. The average Bonchev–Trinajstić information content (AvgIpc) is 4.25. The second-order valence-corrected chi connectivity index (χ2v) is 16.4. The number of hydrogen-bond acceptors (Lipinski definition) is 16. The molecule has 0 spiro atoms. The zero-order valence-electron chi connectivity index (χ0n) is 36.5. The molecule has 0 bridgehead atoms. The molecule has 0 radical (unpaired) electrons. The van der Waals surface area contributed by atoms with Crippen LogP contribution in [0.1, 0.15) is 0 Å². The van der Waals surface area contributed by atoms with E-state index in [-0.39, 0.29) is 5.75 Å². The van der Waals surface area contributed by atoms with Crippen LogP contribution in [0.15, 0.2) is 193 Å². The second kappa shape index (κ2) is 22.6. The number of imidazole rings is 3. The van der Waals surface area contributed by atoms with Crippen LogP contribution in [0.4, 0.5) is 22.1 Å². The number of anilines is 4. The SMILES string of the molecule is Nc1ccc(-c2nc3ccc(N)cc3[nH]2)cc1.Nc1ccc(-c2ncc(N)s2)c(O)c1.c1ccc(-c2cncs2)cc1.c1ccc2[nH]cnc2c1.c1cnc2nc[nH]c2c1.c1cnc2ocnc2c1. The number of nitrogen functional groups attached to an aromatic ring is 4. The number of aromatic nitrogens is 11. The molecule has 0 amide bonds. The Balaban J connectivity index is 0.000000114. The molecule has 17 nitrogen and oxygen atoms in total. The summed E-state index contributed by atoms with van der Waals surface area (Å²) >= 11 is 2.99. The minimum atomic E-state index is 0.124. The molecule has 5 aromatic carbocycles. The monoisotopic (exact) mass is 949 g/mol. The normalized spacial score (nSPS) is 10.3. The van der Waals surface area contributed by atoms with E-state index >= 15 is 0 Å². The number of nitrogens with one attached hydrogen (secondary N) is 3. The number of phenolic OH excluding ortho intramolecular Hbond substituents is 1. The summed E-state index contributed by atoms with van der Waals surface area (Å²) in [6.07, 6.45) is 11.6. The molecule has 0 saturated heterocycles. The van der Waals surface area contributed by atoms with Gasteiger partial charge >= 0.3 is 0 Å². The molecule has 0 aliphatic carbocycles. The second-order valence-electron chi connectivity index (χ2n) is 14.4. The highest BCUT2D eigenvalue weighted by Gasteiger charge is 2.08. The van der Waals surface area contributed by atoms with Crippen molar-refractivity contribution in [3.63, 3.8) is 0 Å². The van der Waals surface area contributed by atoms with Crippen LogP contribution < -0.4 is 22.9 Å². The van der Waals surface area contributed by atoms with Gasteiger partial charge in [-0.1, -0.05) is 53.8 Å². The number of nitrogens with two attached hydrogens (primary N) is 4. The van der Waals surface area contributed by atoms with Crippen molar-refractivity contribution >= 4 is 89.2 Å². The maximum atomic E-state index is 9.60. The van der Waals surface area contributed by atoms with Crippen molar-refractivity contribution in [2.24, 2.45) is 0 Å². The van der Waals surface area contributed by atoms with Crippen LogP contribution in [-0.2, 0) is 0 Å². The molecule has 0 aliphatic heterocycles. The van der Waals surface area contributed by atoms with Crippen molar-refractivity contribution in [2.45, 2.75) is 0 Å². The predicted molar refractivity (Wildman–Crippen MR) is 278 cm³/mol. The average molecular weight is 950 g/mol. The van der Waals surface area contributed by atoms with Gasteiger partial charge in [-0.05, 0) is 96.6 Å². The quantitative estimate of drug-likeness (QED) is 0.0765. The first-order valence-corrected chi connectivity index (χ1v) is 22.6. The van der Waals surface area contributed by atoms with Gasteiger partial charge in [-0.25, -0.2) is 34.9 Å². The van der Waals surface area contributed by atoms with Gasteiger partial charge in [0.1, 0.15) is 27.1 Å². The summed E-state index contributed by atoms with van der Waals surface area (Å²) < 4.78 is 4.90. The highest BCUT2D eigenvalue weighted by molar-refractivity contribution is 7.18. The standard InChI is InChI=1S/C13H12N4.C9H9N3OS.C9H7NS.C7H6N2.C6H5N3.C6H4N2O/c14-9-3-1-8(2-4-9)13-16-11-6-5-10(15)7-12(11)17-13;10-5-1-2-6(7(13)3-5)9-12-4-8(11)14-9;1-2-4-8(5-3-1)9-6-10-7-11-9;1-2-4-7-6(3-1)8-5-9-7;2*1-2-5-6(7-3-1)9-4-8-5/h1-7H,14-15H2,(H,16,17);1-4,13H,10-11H2;1-7H;1-5H,(H,8,9);1-4H,(H,7,8,9);1-4H. The number of hydrogen-bond donors (Lipinski definition) is 8. The van der Waals surface area contributed by atoms with E-state index in [9.17, 15) is 5.11 Å². The molecule has 0 fully saturated rings. The number of H-pyrrole nitrogens is 3. The van der Waals surface area contributed by atoms with Gasteiger partial charge in [0, 0.05) is 47.3 Å². The molecule has 12 N–H and O–H groups in total. The van der Waals surface area contributed by atoms with Crippen LogP contribution in [0.25, 0.3) is 76.9 Å². The van der Waals surface area contributed by atoms with E-state index in [2.05, 4.69) is 67.0 Å². The van der Waals surface area contributed by atoms with E-state index in [1.807, 2.05) is 121 Å². The van der Waals surface area contributed by atoms with Crippen molar-refractivity contribution in [1.29, 1.82) is 0 Å². The van der Waals surface area contributed by atoms with Gasteiger partial charge in [0.15, 0.2) is 12.0 Å². The first-order chi connectivity index (χ1) is 33.8. The topological polar surface area (TPSA) is 288 Å². The number of aromatic hydroxyl groups is 1. The number of phenols is 1. The van der Waals surface area contributed by atoms with E-state index < -0.39 is 0 Å². The van der Waals surface area contributed by atoms with Crippen molar-refractivity contribution in [3.8, 4) is 38.1 Å². The van der Waals surface area contributed by atoms with Gasteiger partial charge in [0.05, 0.1) is 62.4 Å². The fourth-order valence-electron chi connectivity index (χ4n) is 6.27. The summed E-state index contributed by atoms with van der Waals surface area (Å²) in [6, 6.07) is 43.9. The van der Waals surface area contributed by atoms with Crippen molar-refractivity contribution in [3.05, 3.63) is 189 Å². The van der Waals surface area contributed by atoms with Gasteiger partial charge < -0.3 is 47.4 Å². The zero-order valence-corrected chi connectivity index (χ0v) is 38.1. The molecule has 0 unspecified atom stereocenters. The smallest absolute Gasteiger partial charge is 0.246 e. The van der Waals surface area contributed by atoms with E-state index in [0.29, 0.717) is 27.0 Å². The molecule has 8 heterocycles. The summed E-state index contributed by atoms with van der Waals surface area (Å²) in [5.74, 6) is 0.949. The van der Waals surface area contributed by atoms with E-state index in [0.717, 1.165) is 61.5 Å². The van der Waals surface area contributed by atoms with Gasteiger partial charge in [0.2, 0.25) is 5.71 Å². The third-order valence-corrected chi connectivity index (χ3v) is 11.3. The Morgan fingerprint density at radius 1 is 0.551 bits per heavy atom. The molecule has 0 atom stereocenters. The lowest BCUT2D eigenvalue weighted by Crippen LogP contribution is -1.84. The van der Waals surface area contributed by atoms with Gasteiger partial charge in [0.25, 0.3) is 0 Å². The molecule has 8 aromatic heterocycles. The summed E-state index contributed by atoms with van der Waals surface area (Å²) in [7, 11) is 0. The van der Waals surface area contributed by atoms with Gasteiger partial charge in [-0.2, -0.15) is 0 Å². The number of aromatic amines is 3. The Bertz CT molecular complexity index is 3360. The lowest BCUT2D eigenvalue weighted by atomic mass is 10.2. The molecular weight excluding hydrogens is 907 g/mol. The van der Waals surface area contributed by atoms with Crippen molar-refractivity contribution < 1.29 is 9.52 Å². The number of benzene rings is 5. The third kappa shape index (κ3) is 12.7. The lowest BCUT2D eigenvalue weighted by Gasteiger charge is -2.01. The van der Waals surface area contributed by atoms with Crippen molar-refractivity contribution in [1.82, 2.24) is 54.8 Å². The summed E-state index contributed by atoms with van der Waals surface area (Å²) in [6.45, 7) is 0. The molecule has 342 valence electrons. The van der Waals surface area contributed by atoms with E-state index in [4.69, 9.17) is 27.4 Å². The Labute approximate surface area is 401 Å². The Hall–Kier alpha value is -9.46. The number of pyridine rings is 2. The largest absolute Gasteiger partial charge is 0.507 e. The number of oxazole rings is 1. The number of para-hydroxylation sites is 2. The van der Waals surface area contributed by atoms with Gasteiger partial charge in [-0.3, -0.25) is 4.98 Å². The molecule has 69 heavy (non-hydrogen) atoms. The van der Waals surface area contributed by atoms with Crippen LogP contribution in [-0.4, -0.2) is 59.9 Å². The fraction of sp³-hybridized carbons (Fsp3) is 0. The first kappa shape index (κ1) is 46.1. The highest BCUT2D eigenvalue weighted by Crippen LogP contribution is 2.34. The number of thiazole rings is 2. The van der Waals surface area contributed by atoms with Crippen LogP contribution in [0, 0.1) is 0 Å². The number of rotatable bonds is 3. The van der Waals surface area contributed by atoms with Gasteiger partial charge in [-0.15, -0.1) is 11.3 Å². The third-order valence-electron chi connectivity index (χ3n) is 9.58. The Kier molecular flexibility index (Phi) is 15.1. The molecule has 13 rings (SSSR count). The highest BCUT2D eigenvalue weighted by atomic mass is 32.1. The van der Waals surface area contributed by atoms with Crippen LogP contribution >= 0.6 is 22.7 Å². The van der Waals surface area contributed by atoms with Crippen LogP contribution in [0.3, 0.4) is 0 Å². The lowest BCUT2D eigenvalue weighted by molar-refractivity contribution is 0.477. The van der Waals surface area contributed by atoms with E-state index in [1.54, 1.807) is 54.7 Å². The molecule has 0 aliphatic rings. The summed E-state index contributed by atoms with van der Waals surface area (Å²) in [5.41, 5.74) is 36.3. The predicted octanol–water partition coefficient (Wildman–Crippen LogP) is 10.6. The zero-order chi connectivity index (χ0) is 47.8. The maximum absolute atomic E-state index is 9.60. The molecule has 19 heteroatoms. The first-order valence-electron chi connectivity index (χ1n) is 20.9. The molecule has 0 saturated carbocycles. The maximum Gasteiger partial charge on any atom is 0.246 e. The summed E-state index contributed by atoms with van der Waals surface area (Å²) in [5, 5.41) is 10.9. The Morgan fingerprint density at radius 3 is 2.01 bits per heavy atom. The number of nitrogens with zero attached hydrogens (tertiary/aromatic N) is 8.